The van der Waals surface area contributed by atoms with Gasteiger partial charge in [-0.1, -0.05) is 29.4 Å². The molecule has 0 bridgehead atoms. The number of carboxylic acids is 1. The molecule has 152 valence electrons. The first-order chi connectivity index (χ1) is 13.9. The highest BCUT2D eigenvalue weighted by Gasteiger charge is 2.39. The minimum atomic E-state index is -1.08. The van der Waals surface area contributed by atoms with Crippen LogP contribution in [0.15, 0.2) is 41.6 Å². The van der Waals surface area contributed by atoms with Crippen molar-refractivity contribution in [3.63, 3.8) is 0 Å². The molecule has 29 heavy (non-hydrogen) atoms. The van der Waals surface area contributed by atoms with Crippen LogP contribution >= 0.6 is 0 Å². The zero-order valence-corrected chi connectivity index (χ0v) is 16.9. The van der Waals surface area contributed by atoms with Crippen LogP contribution in [0.1, 0.15) is 27.9 Å². The minimum absolute atomic E-state index is 0.103. The van der Waals surface area contributed by atoms with E-state index < -0.39 is 17.9 Å². The molecule has 2 aromatic rings. The maximum Gasteiger partial charge on any atom is 0.326 e. The van der Waals surface area contributed by atoms with Crippen LogP contribution in [0.5, 0.6) is 5.75 Å². The number of nitrogens with zero attached hydrogens (tertiary/aromatic N) is 2. The molecule has 2 aromatic carbocycles. The lowest BCUT2D eigenvalue weighted by atomic mass is 9.96. The Hall–Kier alpha value is -3.35. The van der Waals surface area contributed by atoms with Crippen LogP contribution in [0.25, 0.3) is 11.1 Å². The third kappa shape index (κ3) is 3.94. The number of carbonyl (C=O) groups is 2. The summed E-state index contributed by atoms with van der Waals surface area (Å²) in [5.41, 5.74) is 5.14. The quantitative estimate of drug-likeness (QED) is 0.784. The smallest absolute Gasteiger partial charge is 0.326 e. The average molecular weight is 396 g/mol. The second kappa shape index (κ2) is 8.34. The summed E-state index contributed by atoms with van der Waals surface area (Å²) in [6, 6.07) is 10.4. The zero-order chi connectivity index (χ0) is 21.1. The number of aliphatic carboxylic acids is 1. The number of aryl methyl sites for hydroxylation is 1. The van der Waals surface area contributed by atoms with Crippen molar-refractivity contribution < 1.29 is 24.3 Å². The normalized spacial score (nSPS) is 17.4. The van der Waals surface area contributed by atoms with Crippen LogP contribution < -0.4 is 4.74 Å². The summed E-state index contributed by atoms with van der Waals surface area (Å²) in [4.78, 5) is 30.8. The van der Waals surface area contributed by atoms with Gasteiger partial charge in [-0.3, -0.25) is 4.79 Å². The van der Waals surface area contributed by atoms with Crippen LogP contribution in [-0.4, -0.2) is 54.4 Å². The number of rotatable bonds is 5. The molecule has 1 unspecified atom stereocenters. The Morgan fingerprint density at radius 3 is 2.59 bits per heavy atom. The summed E-state index contributed by atoms with van der Waals surface area (Å²) >= 11 is 0. The molecular weight excluding hydrogens is 372 g/mol. The van der Waals surface area contributed by atoms with Gasteiger partial charge in [-0.15, -0.1) is 0 Å². The van der Waals surface area contributed by atoms with Crippen molar-refractivity contribution >= 4 is 17.6 Å². The van der Waals surface area contributed by atoms with Gasteiger partial charge in [0.1, 0.15) is 18.9 Å². The van der Waals surface area contributed by atoms with Crippen LogP contribution in [0.3, 0.4) is 0 Å². The van der Waals surface area contributed by atoms with Gasteiger partial charge in [-0.2, -0.15) is 0 Å². The summed E-state index contributed by atoms with van der Waals surface area (Å²) in [6.45, 7) is 4.20. The van der Waals surface area contributed by atoms with Crippen LogP contribution in [0.4, 0.5) is 0 Å². The van der Waals surface area contributed by atoms with Crippen molar-refractivity contribution in [1.29, 1.82) is 0 Å². The topological polar surface area (TPSA) is 88.4 Å². The van der Waals surface area contributed by atoms with E-state index >= 15 is 0 Å². The Balaban J connectivity index is 1.98. The molecule has 7 nitrogen and oxygen atoms in total. The van der Waals surface area contributed by atoms with Gasteiger partial charge in [-0.05, 0) is 48.2 Å². The fraction of sp³-hybridized carbons (Fsp3) is 0.318. The number of benzene rings is 2. The number of amides is 1. The van der Waals surface area contributed by atoms with Crippen molar-refractivity contribution in [3.8, 4) is 16.9 Å². The van der Waals surface area contributed by atoms with Gasteiger partial charge in [0.15, 0.2) is 0 Å². The standard InChI is InChI=1S/C22H24N2O5/c1-13-6-5-7-17(14(13)2)15-8-9-18(20(10-15)28-3)21(25)24-12-16(23-29-4)11-19(24)22(26)27/h5-10,19H,11-12H2,1-4H3,(H,26,27)/b23-16-. The van der Waals surface area contributed by atoms with E-state index in [1.165, 1.54) is 24.7 Å². The molecule has 1 N–H and O–H groups in total. The SMILES string of the molecule is CO/N=C1/CC(C(=O)O)N(C(=O)c2ccc(-c3cccc(C)c3C)cc2OC)C1. The van der Waals surface area contributed by atoms with E-state index in [-0.39, 0.29) is 13.0 Å². The molecule has 1 saturated heterocycles. The number of carboxylic acid groups (broad SMARTS) is 1. The highest BCUT2D eigenvalue weighted by molar-refractivity contribution is 6.05. The lowest BCUT2D eigenvalue weighted by molar-refractivity contribution is -0.141. The van der Waals surface area contributed by atoms with Crippen molar-refractivity contribution in [1.82, 2.24) is 4.90 Å². The molecule has 3 rings (SSSR count). The number of likely N-dealkylation sites (tertiary alicyclic amines) is 1. The molecule has 0 radical (unpaired) electrons. The van der Waals surface area contributed by atoms with Crippen LogP contribution in [0.2, 0.25) is 0 Å². The molecule has 1 fully saturated rings. The molecule has 1 aliphatic rings. The lowest BCUT2D eigenvalue weighted by Crippen LogP contribution is -2.40. The number of hydrogen-bond acceptors (Lipinski definition) is 5. The summed E-state index contributed by atoms with van der Waals surface area (Å²) in [6.07, 6.45) is 0.137. The van der Waals surface area contributed by atoms with E-state index in [2.05, 4.69) is 12.1 Å². The Morgan fingerprint density at radius 2 is 1.93 bits per heavy atom. The van der Waals surface area contributed by atoms with E-state index in [4.69, 9.17) is 9.57 Å². The van der Waals surface area contributed by atoms with E-state index in [0.29, 0.717) is 17.0 Å². The number of carbonyl (C=O) groups excluding carboxylic acids is 1. The van der Waals surface area contributed by atoms with Crippen molar-refractivity contribution in [2.45, 2.75) is 26.3 Å². The average Bonchev–Trinajstić information content (AvgIpc) is 3.13. The maximum absolute atomic E-state index is 13.1. The molecule has 7 heteroatoms. The third-order valence-corrected chi connectivity index (χ3v) is 5.27. The van der Waals surface area contributed by atoms with Crippen molar-refractivity contribution in [2.75, 3.05) is 20.8 Å². The van der Waals surface area contributed by atoms with Gasteiger partial charge in [0.05, 0.1) is 24.9 Å². The predicted molar refractivity (Wildman–Crippen MR) is 109 cm³/mol. The Morgan fingerprint density at radius 1 is 1.17 bits per heavy atom. The van der Waals surface area contributed by atoms with Crippen molar-refractivity contribution in [3.05, 3.63) is 53.1 Å². The van der Waals surface area contributed by atoms with E-state index in [0.717, 1.165) is 16.7 Å². The first-order valence-corrected chi connectivity index (χ1v) is 9.24. The fourth-order valence-electron chi connectivity index (χ4n) is 3.59. The second-order valence-electron chi connectivity index (χ2n) is 6.99. The largest absolute Gasteiger partial charge is 0.496 e. The van der Waals surface area contributed by atoms with E-state index in [9.17, 15) is 14.7 Å². The van der Waals surface area contributed by atoms with Crippen molar-refractivity contribution in [2.24, 2.45) is 5.16 Å². The molecule has 1 heterocycles. The number of methoxy groups -OCH3 is 1. The number of oxime groups is 1. The summed E-state index contributed by atoms with van der Waals surface area (Å²) in [5.74, 6) is -1.09. The van der Waals surface area contributed by atoms with Gasteiger partial charge >= 0.3 is 5.97 Å². The zero-order valence-electron chi connectivity index (χ0n) is 16.9. The second-order valence-corrected chi connectivity index (χ2v) is 6.99. The van der Waals surface area contributed by atoms with E-state index in [1.54, 1.807) is 6.07 Å². The van der Waals surface area contributed by atoms with Crippen LogP contribution in [0, 0.1) is 13.8 Å². The highest BCUT2D eigenvalue weighted by atomic mass is 16.6. The highest BCUT2D eigenvalue weighted by Crippen LogP contribution is 2.32. The summed E-state index contributed by atoms with van der Waals surface area (Å²) in [5, 5.41) is 13.3. The lowest BCUT2D eigenvalue weighted by Gasteiger charge is -2.22. The van der Waals surface area contributed by atoms with Gasteiger partial charge in [0.25, 0.3) is 5.91 Å². The van der Waals surface area contributed by atoms with Gasteiger partial charge in [-0.25, -0.2) is 4.79 Å². The van der Waals surface area contributed by atoms with Gasteiger partial charge < -0.3 is 19.6 Å². The van der Waals surface area contributed by atoms with Gasteiger partial charge in [0, 0.05) is 6.42 Å². The molecule has 1 aliphatic heterocycles. The summed E-state index contributed by atoms with van der Waals surface area (Å²) < 4.78 is 5.48. The van der Waals surface area contributed by atoms with E-state index in [1.807, 2.05) is 37.3 Å². The molecule has 0 aromatic heterocycles. The molecule has 1 amide bonds. The molecular formula is C22H24N2O5. The third-order valence-electron chi connectivity index (χ3n) is 5.27. The number of hydrogen-bond donors (Lipinski definition) is 1. The number of ether oxygens (including phenoxy) is 1. The van der Waals surface area contributed by atoms with Crippen LogP contribution in [-0.2, 0) is 9.63 Å². The minimum Gasteiger partial charge on any atom is -0.496 e. The molecule has 0 spiro atoms. The Kier molecular flexibility index (Phi) is 5.87. The molecule has 1 atom stereocenters. The Bertz CT molecular complexity index is 983. The Labute approximate surface area is 169 Å². The molecule has 0 saturated carbocycles. The predicted octanol–water partition coefficient (Wildman–Crippen LogP) is 3.28. The first kappa shape index (κ1) is 20.4. The molecule has 0 aliphatic carbocycles. The maximum atomic E-state index is 13.1. The monoisotopic (exact) mass is 396 g/mol. The fourth-order valence-corrected chi connectivity index (χ4v) is 3.59. The van der Waals surface area contributed by atoms with Gasteiger partial charge in [0.2, 0.25) is 0 Å². The first-order valence-electron chi connectivity index (χ1n) is 9.24. The summed E-state index contributed by atoms with van der Waals surface area (Å²) in [7, 11) is 2.89.